The van der Waals surface area contributed by atoms with Crippen molar-refractivity contribution >= 4 is 11.8 Å². The van der Waals surface area contributed by atoms with Crippen LogP contribution in [-0.2, 0) is 18.9 Å². The zero-order valence-electron chi connectivity index (χ0n) is 16.6. The van der Waals surface area contributed by atoms with Crippen molar-refractivity contribution < 1.29 is 18.9 Å². The van der Waals surface area contributed by atoms with Gasteiger partial charge in [-0.3, -0.25) is 0 Å². The Morgan fingerprint density at radius 2 is 1.64 bits per heavy atom. The quantitative estimate of drug-likeness (QED) is 0.370. The van der Waals surface area contributed by atoms with Gasteiger partial charge in [-0.05, 0) is 31.1 Å². The van der Waals surface area contributed by atoms with Crippen LogP contribution in [0.25, 0.3) is 0 Å². The third-order valence-corrected chi connectivity index (χ3v) is 5.07. The predicted octanol–water partition coefficient (Wildman–Crippen LogP) is 5.17. The molecule has 0 aromatic rings. The lowest BCUT2D eigenvalue weighted by Crippen LogP contribution is -2.40. The van der Waals surface area contributed by atoms with E-state index in [4.69, 9.17) is 18.9 Å². The number of hydrogen-bond acceptors (Lipinski definition) is 5. The van der Waals surface area contributed by atoms with Crippen LogP contribution in [0.4, 0.5) is 0 Å². The van der Waals surface area contributed by atoms with Crippen LogP contribution in [0.5, 0.6) is 0 Å². The summed E-state index contributed by atoms with van der Waals surface area (Å²) in [5.74, 6) is 1.89. The molecule has 4 nitrogen and oxygen atoms in total. The van der Waals surface area contributed by atoms with Crippen LogP contribution in [0.1, 0.15) is 66.2 Å². The van der Waals surface area contributed by atoms with Crippen LogP contribution in [0.15, 0.2) is 11.8 Å². The van der Waals surface area contributed by atoms with Crippen molar-refractivity contribution in [1.82, 2.24) is 0 Å². The Bertz CT molecular complexity index is 349. The first-order valence-corrected chi connectivity index (χ1v) is 11.1. The van der Waals surface area contributed by atoms with Gasteiger partial charge >= 0.3 is 0 Å². The highest BCUT2D eigenvalue weighted by atomic mass is 32.2. The summed E-state index contributed by atoms with van der Waals surface area (Å²) in [7, 11) is 0. The van der Waals surface area contributed by atoms with Crippen molar-refractivity contribution in [2.45, 2.75) is 83.9 Å². The summed E-state index contributed by atoms with van der Waals surface area (Å²) in [6.07, 6.45) is 8.58. The van der Waals surface area contributed by atoms with Crippen LogP contribution in [0, 0.1) is 0 Å². The Balaban J connectivity index is 2.71. The molecular formula is C20H38O4S. The Hall–Kier alpha value is -0.230. The third-order valence-electron chi connectivity index (χ3n) is 4.03. The van der Waals surface area contributed by atoms with E-state index in [0.717, 1.165) is 69.9 Å². The molecule has 0 N–H and O–H groups in total. The monoisotopic (exact) mass is 374 g/mol. The minimum atomic E-state index is -0.121. The summed E-state index contributed by atoms with van der Waals surface area (Å²) >= 11 is 1.79. The molecule has 3 atom stereocenters. The van der Waals surface area contributed by atoms with Crippen molar-refractivity contribution in [3.8, 4) is 0 Å². The lowest BCUT2D eigenvalue weighted by atomic mass is 10.1. The molecule has 0 saturated heterocycles. The number of ether oxygens (including phenoxy) is 4. The van der Waals surface area contributed by atoms with Crippen molar-refractivity contribution in [2.24, 2.45) is 0 Å². The third kappa shape index (κ3) is 9.32. The Morgan fingerprint density at radius 3 is 2.32 bits per heavy atom. The van der Waals surface area contributed by atoms with E-state index in [1.54, 1.807) is 11.8 Å². The van der Waals surface area contributed by atoms with Crippen LogP contribution in [0.3, 0.4) is 0 Å². The Labute approximate surface area is 159 Å². The first-order valence-electron chi connectivity index (χ1n) is 10.1. The van der Waals surface area contributed by atoms with Crippen LogP contribution in [-0.4, -0.2) is 49.8 Å². The fourth-order valence-electron chi connectivity index (χ4n) is 2.48. The Kier molecular flexibility index (Phi) is 13.6. The zero-order chi connectivity index (χ0) is 18.3. The predicted molar refractivity (Wildman–Crippen MR) is 106 cm³/mol. The second kappa shape index (κ2) is 14.9. The molecule has 1 aliphatic rings. The molecule has 1 aliphatic heterocycles. The van der Waals surface area contributed by atoms with E-state index in [-0.39, 0.29) is 17.6 Å². The fraction of sp³-hybridized carbons (Fsp3) is 0.900. The lowest BCUT2D eigenvalue weighted by molar-refractivity contribution is -0.0918. The largest absolute Gasteiger partial charge is 0.495 e. The molecule has 1 heterocycles. The SMILES string of the molecule is CCCCOCC1OC(SCC)C(OCCCC)C=C1OCCCC. The molecule has 0 radical (unpaired) electrons. The van der Waals surface area contributed by atoms with Crippen LogP contribution < -0.4 is 0 Å². The number of hydrogen-bond donors (Lipinski definition) is 0. The smallest absolute Gasteiger partial charge is 0.139 e. The van der Waals surface area contributed by atoms with Gasteiger partial charge in [-0.25, -0.2) is 0 Å². The van der Waals surface area contributed by atoms with Gasteiger partial charge in [0.15, 0.2) is 0 Å². The van der Waals surface area contributed by atoms with Gasteiger partial charge in [-0.15, -0.1) is 11.8 Å². The summed E-state index contributed by atoms with van der Waals surface area (Å²) < 4.78 is 24.2. The average Bonchev–Trinajstić information content (AvgIpc) is 2.61. The number of unbranched alkanes of at least 4 members (excludes halogenated alkanes) is 3. The van der Waals surface area contributed by atoms with Gasteiger partial charge in [0.1, 0.15) is 23.4 Å². The number of thioether (sulfide) groups is 1. The van der Waals surface area contributed by atoms with Crippen LogP contribution >= 0.6 is 11.8 Å². The standard InChI is InChI=1S/C20H38O4S/c1-5-9-12-21-16-19-17(22-13-10-6-2)15-18(23-14-11-7-3)20(24-19)25-8-4/h15,18-20H,5-14,16H2,1-4H3. The molecule has 0 saturated carbocycles. The summed E-state index contributed by atoms with van der Waals surface area (Å²) in [4.78, 5) is 0. The second-order valence-corrected chi connectivity index (χ2v) is 7.71. The first kappa shape index (κ1) is 22.8. The summed E-state index contributed by atoms with van der Waals surface area (Å²) in [5, 5.41) is 0. The highest BCUT2D eigenvalue weighted by Gasteiger charge is 2.34. The van der Waals surface area contributed by atoms with E-state index in [1.807, 2.05) is 0 Å². The molecule has 0 spiro atoms. The second-order valence-electron chi connectivity index (χ2n) is 6.34. The minimum Gasteiger partial charge on any atom is -0.495 e. The van der Waals surface area contributed by atoms with E-state index < -0.39 is 0 Å². The summed E-state index contributed by atoms with van der Waals surface area (Å²) in [6.45, 7) is 11.5. The molecule has 3 unspecified atom stereocenters. The van der Waals surface area contributed by atoms with Crippen molar-refractivity contribution in [2.75, 3.05) is 32.2 Å². The van der Waals surface area contributed by atoms with Gasteiger partial charge in [0.25, 0.3) is 0 Å². The molecule has 25 heavy (non-hydrogen) atoms. The van der Waals surface area contributed by atoms with Gasteiger partial charge in [-0.2, -0.15) is 0 Å². The minimum absolute atomic E-state index is 0.0140. The maximum atomic E-state index is 6.31. The topological polar surface area (TPSA) is 36.9 Å². The molecular weight excluding hydrogens is 336 g/mol. The highest BCUT2D eigenvalue weighted by Crippen LogP contribution is 2.30. The van der Waals surface area contributed by atoms with E-state index in [2.05, 4.69) is 33.8 Å². The van der Waals surface area contributed by atoms with E-state index in [1.165, 1.54) is 0 Å². The lowest BCUT2D eigenvalue weighted by Gasteiger charge is -2.35. The average molecular weight is 375 g/mol. The fourth-order valence-corrected chi connectivity index (χ4v) is 3.36. The molecule has 0 aromatic heterocycles. The maximum absolute atomic E-state index is 6.31. The highest BCUT2D eigenvalue weighted by molar-refractivity contribution is 7.99. The van der Waals surface area contributed by atoms with Crippen LogP contribution in [0.2, 0.25) is 0 Å². The molecule has 0 fully saturated rings. The van der Waals surface area contributed by atoms with Crippen molar-refractivity contribution in [3.05, 3.63) is 11.8 Å². The van der Waals surface area contributed by atoms with Gasteiger partial charge in [0.2, 0.25) is 0 Å². The van der Waals surface area contributed by atoms with E-state index in [0.29, 0.717) is 6.61 Å². The van der Waals surface area contributed by atoms with Crippen molar-refractivity contribution in [3.63, 3.8) is 0 Å². The van der Waals surface area contributed by atoms with Gasteiger partial charge in [0, 0.05) is 13.2 Å². The molecule has 0 amide bonds. The molecule has 0 aliphatic carbocycles. The van der Waals surface area contributed by atoms with E-state index >= 15 is 0 Å². The molecule has 148 valence electrons. The molecule has 0 aromatic carbocycles. The zero-order valence-corrected chi connectivity index (χ0v) is 17.4. The Morgan fingerprint density at radius 1 is 0.960 bits per heavy atom. The molecule has 5 heteroatoms. The normalized spacial score (nSPS) is 23.5. The maximum Gasteiger partial charge on any atom is 0.139 e. The van der Waals surface area contributed by atoms with Gasteiger partial charge in [-0.1, -0.05) is 47.0 Å². The summed E-state index contributed by atoms with van der Waals surface area (Å²) in [5.41, 5.74) is 0.0140. The van der Waals surface area contributed by atoms with Gasteiger partial charge in [0.05, 0.1) is 13.2 Å². The van der Waals surface area contributed by atoms with Crippen molar-refractivity contribution in [1.29, 1.82) is 0 Å². The van der Waals surface area contributed by atoms with Gasteiger partial charge < -0.3 is 18.9 Å². The van der Waals surface area contributed by atoms with E-state index in [9.17, 15) is 0 Å². The molecule has 1 rings (SSSR count). The summed E-state index contributed by atoms with van der Waals surface area (Å²) in [6, 6.07) is 0. The molecule has 0 bridgehead atoms. The number of rotatable bonds is 15. The first-order chi connectivity index (χ1) is 12.3.